The van der Waals surface area contributed by atoms with E-state index in [2.05, 4.69) is 5.10 Å². The molecule has 0 N–H and O–H groups in total. The number of benzene rings is 1. The van der Waals surface area contributed by atoms with Crippen LogP contribution in [-0.4, -0.2) is 34.8 Å². The molecule has 0 aliphatic carbocycles. The Labute approximate surface area is 178 Å². The number of aryl methyl sites for hydroxylation is 1. The number of hydrogen-bond acceptors (Lipinski definition) is 6. The van der Waals surface area contributed by atoms with Crippen LogP contribution in [0.15, 0.2) is 53.2 Å². The molecule has 0 unspecified atom stereocenters. The van der Waals surface area contributed by atoms with Crippen molar-refractivity contribution in [3.05, 3.63) is 70.9 Å². The molecule has 0 bridgehead atoms. The van der Waals surface area contributed by atoms with Crippen molar-refractivity contribution in [3.8, 4) is 6.07 Å². The zero-order chi connectivity index (χ0) is 21.5. The molecule has 2 heterocycles. The SMILES string of the molecule is Cc1cc(N(CCC#N)C(=O)COC(=O)c2ccc(Cn3cccn3)o2)ccc1Cl. The Hall–Kier alpha value is -3.57. The first-order valence-corrected chi connectivity index (χ1v) is 9.52. The summed E-state index contributed by atoms with van der Waals surface area (Å²) in [6, 6.07) is 12.0. The summed E-state index contributed by atoms with van der Waals surface area (Å²) >= 11 is 6.05. The van der Waals surface area contributed by atoms with Gasteiger partial charge in [-0.15, -0.1) is 0 Å². The normalized spacial score (nSPS) is 10.4. The number of rotatable bonds is 8. The molecular formula is C21H19ClN4O4. The molecule has 8 nitrogen and oxygen atoms in total. The number of esters is 1. The summed E-state index contributed by atoms with van der Waals surface area (Å²) in [4.78, 5) is 26.3. The second-order valence-corrected chi connectivity index (χ2v) is 6.84. The minimum atomic E-state index is -0.748. The maximum absolute atomic E-state index is 12.7. The predicted octanol–water partition coefficient (Wildman–Crippen LogP) is 3.59. The molecule has 3 rings (SSSR count). The van der Waals surface area contributed by atoms with E-state index in [-0.39, 0.29) is 18.7 Å². The molecule has 0 spiro atoms. The van der Waals surface area contributed by atoms with Crippen LogP contribution in [0.1, 0.15) is 28.3 Å². The highest BCUT2D eigenvalue weighted by Crippen LogP contribution is 2.23. The molecule has 0 saturated heterocycles. The van der Waals surface area contributed by atoms with Crippen LogP contribution in [0.2, 0.25) is 5.02 Å². The molecule has 0 aliphatic heterocycles. The van der Waals surface area contributed by atoms with Gasteiger partial charge in [-0.05, 0) is 48.9 Å². The molecule has 30 heavy (non-hydrogen) atoms. The van der Waals surface area contributed by atoms with E-state index in [1.807, 2.05) is 13.0 Å². The molecule has 0 atom stereocenters. The number of amides is 1. The number of aromatic nitrogens is 2. The second kappa shape index (κ2) is 9.76. The Morgan fingerprint density at radius 1 is 1.33 bits per heavy atom. The van der Waals surface area contributed by atoms with Crippen LogP contribution in [0.5, 0.6) is 0 Å². The lowest BCUT2D eigenvalue weighted by Gasteiger charge is -2.22. The van der Waals surface area contributed by atoms with Crippen molar-refractivity contribution >= 4 is 29.2 Å². The smallest absolute Gasteiger partial charge is 0.374 e. The van der Waals surface area contributed by atoms with Gasteiger partial charge in [-0.2, -0.15) is 10.4 Å². The Bertz CT molecular complexity index is 1070. The lowest BCUT2D eigenvalue weighted by molar-refractivity contribution is -0.121. The van der Waals surface area contributed by atoms with E-state index < -0.39 is 18.5 Å². The van der Waals surface area contributed by atoms with Gasteiger partial charge in [-0.3, -0.25) is 9.48 Å². The number of carbonyl (C=O) groups is 2. The minimum absolute atomic E-state index is 0.00383. The maximum atomic E-state index is 12.7. The average Bonchev–Trinajstić information content (AvgIpc) is 3.41. The lowest BCUT2D eigenvalue weighted by Crippen LogP contribution is -2.35. The summed E-state index contributed by atoms with van der Waals surface area (Å²) in [7, 11) is 0. The third kappa shape index (κ3) is 5.27. The van der Waals surface area contributed by atoms with Gasteiger partial charge in [0.25, 0.3) is 5.91 Å². The quantitative estimate of drug-likeness (QED) is 0.510. The molecule has 0 aliphatic rings. The van der Waals surface area contributed by atoms with E-state index in [0.29, 0.717) is 23.0 Å². The Kier molecular flexibility index (Phi) is 6.88. The second-order valence-electron chi connectivity index (χ2n) is 6.43. The highest BCUT2D eigenvalue weighted by Gasteiger charge is 2.20. The highest BCUT2D eigenvalue weighted by molar-refractivity contribution is 6.31. The standard InChI is InChI=1S/C21H19ClN4O4/c1-15-12-16(4-6-18(15)22)26(11-2-8-23)20(27)14-29-21(28)19-7-5-17(30-19)13-25-10-3-9-24-25/h3-7,9-10,12H,2,11,13-14H2,1H3. The van der Waals surface area contributed by atoms with E-state index in [0.717, 1.165) is 5.56 Å². The molecule has 1 aromatic carbocycles. The number of hydrogen-bond donors (Lipinski definition) is 0. The van der Waals surface area contributed by atoms with Gasteiger partial charge in [-0.25, -0.2) is 4.79 Å². The third-order valence-electron chi connectivity index (χ3n) is 4.27. The van der Waals surface area contributed by atoms with Crippen LogP contribution in [0.3, 0.4) is 0 Å². The minimum Gasteiger partial charge on any atom is -0.452 e. The van der Waals surface area contributed by atoms with E-state index in [9.17, 15) is 9.59 Å². The van der Waals surface area contributed by atoms with Crippen molar-refractivity contribution < 1.29 is 18.7 Å². The first-order valence-electron chi connectivity index (χ1n) is 9.14. The van der Waals surface area contributed by atoms with E-state index in [1.54, 1.807) is 47.4 Å². The highest BCUT2D eigenvalue weighted by atomic mass is 35.5. The van der Waals surface area contributed by atoms with E-state index in [4.69, 9.17) is 26.0 Å². The summed E-state index contributed by atoms with van der Waals surface area (Å²) in [6.07, 6.45) is 3.55. The number of carbonyl (C=O) groups excluding carboxylic acids is 2. The van der Waals surface area contributed by atoms with Crippen molar-refractivity contribution in [2.75, 3.05) is 18.1 Å². The van der Waals surface area contributed by atoms with Crippen molar-refractivity contribution in [2.45, 2.75) is 19.9 Å². The Morgan fingerprint density at radius 2 is 2.17 bits per heavy atom. The Morgan fingerprint density at radius 3 is 2.87 bits per heavy atom. The van der Waals surface area contributed by atoms with Gasteiger partial charge in [0.2, 0.25) is 5.76 Å². The number of furan rings is 1. The number of nitrogens with zero attached hydrogens (tertiary/aromatic N) is 4. The van der Waals surface area contributed by atoms with Crippen LogP contribution >= 0.6 is 11.6 Å². The van der Waals surface area contributed by atoms with Crippen LogP contribution in [0.25, 0.3) is 0 Å². The van der Waals surface area contributed by atoms with Crippen molar-refractivity contribution in [3.63, 3.8) is 0 Å². The van der Waals surface area contributed by atoms with Gasteiger partial charge in [0, 0.05) is 29.6 Å². The number of anilines is 1. The van der Waals surface area contributed by atoms with Gasteiger partial charge < -0.3 is 14.1 Å². The summed E-state index contributed by atoms with van der Waals surface area (Å²) < 4.78 is 12.2. The predicted molar refractivity (Wildman–Crippen MR) is 109 cm³/mol. The van der Waals surface area contributed by atoms with Crippen LogP contribution in [-0.2, 0) is 16.1 Å². The first-order chi connectivity index (χ1) is 14.5. The summed E-state index contributed by atoms with van der Waals surface area (Å²) in [5.41, 5.74) is 1.37. The maximum Gasteiger partial charge on any atom is 0.374 e. The van der Waals surface area contributed by atoms with Crippen LogP contribution in [0.4, 0.5) is 5.69 Å². The summed E-state index contributed by atoms with van der Waals surface area (Å²) in [5.74, 6) is -0.675. The zero-order valence-electron chi connectivity index (χ0n) is 16.2. The van der Waals surface area contributed by atoms with Crippen LogP contribution < -0.4 is 4.90 Å². The van der Waals surface area contributed by atoms with Gasteiger partial charge in [0.15, 0.2) is 6.61 Å². The molecule has 9 heteroatoms. The molecule has 1 amide bonds. The molecule has 0 radical (unpaired) electrons. The first kappa shape index (κ1) is 21.1. The van der Waals surface area contributed by atoms with Crippen molar-refractivity contribution in [2.24, 2.45) is 0 Å². The molecule has 0 saturated carbocycles. The fourth-order valence-electron chi connectivity index (χ4n) is 2.76. The summed E-state index contributed by atoms with van der Waals surface area (Å²) in [6.45, 7) is 1.87. The number of nitriles is 1. The van der Waals surface area contributed by atoms with Gasteiger partial charge in [0.1, 0.15) is 5.76 Å². The van der Waals surface area contributed by atoms with Gasteiger partial charge in [-0.1, -0.05) is 11.6 Å². The molecule has 3 aromatic rings. The van der Waals surface area contributed by atoms with Crippen molar-refractivity contribution in [1.82, 2.24) is 9.78 Å². The number of ether oxygens (including phenoxy) is 1. The number of halogens is 1. The fourth-order valence-corrected chi connectivity index (χ4v) is 2.88. The largest absolute Gasteiger partial charge is 0.452 e. The summed E-state index contributed by atoms with van der Waals surface area (Å²) in [5, 5.41) is 13.5. The molecule has 2 aromatic heterocycles. The third-order valence-corrected chi connectivity index (χ3v) is 4.69. The van der Waals surface area contributed by atoms with E-state index >= 15 is 0 Å². The lowest BCUT2D eigenvalue weighted by atomic mass is 10.2. The molecule has 154 valence electrons. The molecular weight excluding hydrogens is 408 g/mol. The van der Waals surface area contributed by atoms with E-state index in [1.165, 1.54) is 11.0 Å². The fraction of sp³-hybridized carbons (Fsp3) is 0.238. The zero-order valence-corrected chi connectivity index (χ0v) is 17.0. The monoisotopic (exact) mass is 426 g/mol. The van der Waals surface area contributed by atoms with Crippen LogP contribution in [0, 0.1) is 18.3 Å². The van der Waals surface area contributed by atoms with Crippen molar-refractivity contribution in [1.29, 1.82) is 5.26 Å². The average molecular weight is 427 g/mol. The molecule has 0 fully saturated rings. The van der Waals surface area contributed by atoms with Gasteiger partial charge in [0.05, 0.1) is 19.0 Å². The Balaban J connectivity index is 1.63. The topological polar surface area (TPSA) is 101 Å². The van der Waals surface area contributed by atoms with Gasteiger partial charge >= 0.3 is 5.97 Å².